The van der Waals surface area contributed by atoms with Gasteiger partial charge in [0.1, 0.15) is 5.82 Å². The van der Waals surface area contributed by atoms with E-state index in [9.17, 15) is 4.39 Å². The molecule has 1 heterocycles. The molecular weight excluding hydrogens is 350 g/mol. The fraction of sp³-hybridized carbons (Fsp3) is 0.500. The number of hydrogen-bond acceptors (Lipinski definition) is 3. The standard InChI is InChI=1S/C12H16FIN2S/c1-12(2)7-16(3-4-17-12)11-5-8(13)9(14)6-10(11)15/h5-6H,3-4,7,15H2,1-2H3. The van der Waals surface area contributed by atoms with Crippen molar-refractivity contribution < 1.29 is 4.39 Å². The van der Waals surface area contributed by atoms with Crippen LogP contribution < -0.4 is 10.6 Å². The largest absolute Gasteiger partial charge is 0.397 e. The highest BCUT2D eigenvalue weighted by molar-refractivity contribution is 14.1. The smallest absolute Gasteiger partial charge is 0.138 e. The molecule has 17 heavy (non-hydrogen) atoms. The van der Waals surface area contributed by atoms with Crippen molar-refractivity contribution in [2.75, 3.05) is 29.5 Å². The lowest BCUT2D eigenvalue weighted by atomic mass is 10.1. The Hall–Kier alpha value is -0.170. The zero-order chi connectivity index (χ0) is 12.6. The number of nitrogens with zero attached hydrogens (tertiary/aromatic N) is 1. The van der Waals surface area contributed by atoms with Gasteiger partial charge in [-0.3, -0.25) is 0 Å². The third-order valence-corrected chi connectivity index (χ3v) is 4.96. The highest BCUT2D eigenvalue weighted by Gasteiger charge is 2.28. The Morgan fingerprint density at radius 3 is 2.82 bits per heavy atom. The summed E-state index contributed by atoms with van der Waals surface area (Å²) in [7, 11) is 0. The second kappa shape index (κ2) is 4.84. The van der Waals surface area contributed by atoms with E-state index >= 15 is 0 Å². The molecule has 0 radical (unpaired) electrons. The van der Waals surface area contributed by atoms with E-state index in [0.717, 1.165) is 24.5 Å². The first kappa shape index (κ1) is 13.3. The van der Waals surface area contributed by atoms with E-state index in [1.54, 1.807) is 12.1 Å². The van der Waals surface area contributed by atoms with Crippen LogP contribution in [0.15, 0.2) is 12.1 Å². The minimum Gasteiger partial charge on any atom is -0.397 e. The van der Waals surface area contributed by atoms with Gasteiger partial charge in [-0.25, -0.2) is 4.39 Å². The van der Waals surface area contributed by atoms with Gasteiger partial charge in [0.2, 0.25) is 0 Å². The summed E-state index contributed by atoms with van der Waals surface area (Å²) in [6, 6.07) is 3.27. The molecule has 1 fully saturated rings. The molecule has 0 spiro atoms. The molecule has 1 aliphatic heterocycles. The second-order valence-corrected chi connectivity index (χ2v) is 7.82. The summed E-state index contributed by atoms with van der Waals surface area (Å²) in [6.45, 7) is 6.26. The molecule has 0 amide bonds. The number of thioether (sulfide) groups is 1. The second-order valence-electron chi connectivity index (χ2n) is 4.85. The van der Waals surface area contributed by atoms with Crippen LogP contribution in [0.2, 0.25) is 0 Å². The van der Waals surface area contributed by atoms with Crippen molar-refractivity contribution in [3.05, 3.63) is 21.5 Å². The molecule has 0 bridgehead atoms. The van der Waals surface area contributed by atoms with Gasteiger partial charge in [-0.05, 0) is 42.5 Å². The molecule has 2 N–H and O–H groups in total. The van der Waals surface area contributed by atoms with Crippen LogP contribution in [0.5, 0.6) is 0 Å². The van der Waals surface area contributed by atoms with Crippen molar-refractivity contribution in [2.45, 2.75) is 18.6 Å². The van der Waals surface area contributed by atoms with Crippen LogP contribution in [-0.4, -0.2) is 23.6 Å². The van der Waals surface area contributed by atoms with Gasteiger partial charge >= 0.3 is 0 Å². The SMILES string of the molecule is CC1(C)CN(c2cc(F)c(I)cc2N)CCS1. The topological polar surface area (TPSA) is 29.3 Å². The summed E-state index contributed by atoms with van der Waals surface area (Å²) in [5.41, 5.74) is 7.48. The van der Waals surface area contributed by atoms with E-state index in [-0.39, 0.29) is 10.6 Å². The molecule has 1 aromatic carbocycles. The van der Waals surface area contributed by atoms with Gasteiger partial charge in [-0.15, -0.1) is 0 Å². The Bertz CT molecular complexity index is 437. The van der Waals surface area contributed by atoms with Crippen molar-refractivity contribution in [3.8, 4) is 0 Å². The summed E-state index contributed by atoms with van der Waals surface area (Å²) < 4.78 is 14.4. The fourth-order valence-electron chi connectivity index (χ4n) is 2.05. The lowest BCUT2D eigenvalue weighted by Crippen LogP contribution is -2.43. The van der Waals surface area contributed by atoms with Gasteiger partial charge < -0.3 is 10.6 Å². The maximum absolute atomic E-state index is 13.6. The lowest BCUT2D eigenvalue weighted by molar-refractivity contribution is 0.614. The number of halogens is 2. The molecule has 2 nitrogen and oxygen atoms in total. The first-order valence-corrected chi connectivity index (χ1v) is 7.59. The van der Waals surface area contributed by atoms with Crippen molar-refractivity contribution in [2.24, 2.45) is 0 Å². The van der Waals surface area contributed by atoms with Gasteiger partial charge in [0, 0.05) is 29.7 Å². The Labute approximate surface area is 119 Å². The lowest BCUT2D eigenvalue weighted by Gasteiger charge is -2.39. The van der Waals surface area contributed by atoms with E-state index in [1.807, 2.05) is 34.4 Å². The summed E-state index contributed by atoms with van der Waals surface area (Å²) in [5.74, 6) is 0.867. The number of hydrogen-bond donors (Lipinski definition) is 1. The monoisotopic (exact) mass is 366 g/mol. The van der Waals surface area contributed by atoms with Crippen molar-refractivity contribution in [1.29, 1.82) is 0 Å². The van der Waals surface area contributed by atoms with Gasteiger partial charge in [0.05, 0.1) is 14.9 Å². The van der Waals surface area contributed by atoms with Crippen LogP contribution in [0, 0.1) is 9.39 Å². The normalized spacial score (nSPS) is 19.4. The predicted octanol–water partition coefficient (Wildman–Crippen LogP) is 3.34. The van der Waals surface area contributed by atoms with Crippen LogP contribution in [0.3, 0.4) is 0 Å². The number of anilines is 2. The van der Waals surface area contributed by atoms with Crippen molar-refractivity contribution in [3.63, 3.8) is 0 Å². The highest BCUT2D eigenvalue weighted by Crippen LogP contribution is 2.35. The number of nitrogens with two attached hydrogens (primary N) is 1. The first-order valence-electron chi connectivity index (χ1n) is 5.52. The maximum atomic E-state index is 13.6. The van der Waals surface area contributed by atoms with Crippen molar-refractivity contribution in [1.82, 2.24) is 0 Å². The zero-order valence-corrected chi connectivity index (χ0v) is 12.9. The molecule has 94 valence electrons. The van der Waals surface area contributed by atoms with E-state index in [1.165, 1.54) is 0 Å². The number of rotatable bonds is 1. The first-order chi connectivity index (χ1) is 7.89. The fourth-order valence-corrected chi connectivity index (χ4v) is 3.65. The third-order valence-electron chi connectivity index (χ3n) is 2.84. The van der Waals surface area contributed by atoms with Crippen LogP contribution in [0.25, 0.3) is 0 Å². The van der Waals surface area contributed by atoms with Crippen LogP contribution in [0.4, 0.5) is 15.8 Å². The van der Waals surface area contributed by atoms with Gasteiger partial charge in [-0.2, -0.15) is 11.8 Å². The molecule has 5 heteroatoms. The summed E-state index contributed by atoms with van der Waals surface area (Å²) >= 11 is 3.92. The Morgan fingerprint density at radius 1 is 1.47 bits per heavy atom. The Balaban J connectivity index is 2.31. The molecule has 1 saturated heterocycles. The summed E-state index contributed by atoms with van der Waals surface area (Å²) in [4.78, 5) is 2.19. The van der Waals surface area contributed by atoms with Gasteiger partial charge in [0.25, 0.3) is 0 Å². The molecule has 0 atom stereocenters. The van der Waals surface area contributed by atoms with E-state index in [2.05, 4.69) is 18.7 Å². The average Bonchev–Trinajstić information content (AvgIpc) is 2.22. The van der Waals surface area contributed by atoms with E-state index in [0.29, 0.717) is 9.26 Å². The van der Waals surface area contributed by atoms with Gasteiger partial charge in [0.15, 0.2) is 0 Å². The van der Waals surface area contributed by atoms with Crippen molar-refractivity contribution >= 4 is 45.7 Å². The molecule has 0 aliphatic carbocycles. The maximum Gasteiger partial charge on any atom is 0.138 e. The Morgan fingerprint density at radius 2 is 2.18 bits per heavy atom. The average molecular weight is 366 g/mol. The summed E-state index contributed by atoms with van der Waals surface area (Å²) in [6.07, 6.45) is 0. The number of benzene rings is 1. The molecule has 0 saturated carbocycles. The predicted molar refractivity (Wildman–Crippen MR) is 82.3 cm³/mol. The summed E-state index contributed by atoms with van der Waals surface area (Å²) in [5, 5.41) is 0. The molecule has 0 unspecified atom stereocenters. The van der Waals surface area contributed by atoms with Crippen LogP contribution in [0.1, 0.15) is 13.8 Å². The van der Waals surface area contributed by atoms with Crippen LogP contribution >= 0.6 is 34.4 Å². The van der Waals surface area contributed by atoms with Crippen LogP contribution in [-0.2, 0) is 0 Å². The minimum absolute atomic E-state index is 0.189. The minimum atomic E-state index is -0.189. The highest BCUT2D eigenvalue weighted by atomic mass is 127. The third kappa shape index (κ3) is 2.99. The molecule has 1 aliphatic rings. The van der Waals surface area contributed by atoms with E-state index < -0.39 is 0 Å². The zero-order valence-electron chi connectivity index (χ0n) is 9.96. The van der Waals surface area contributed by atoms with E-state index in [4.69, 9.17) is 5.73 Å². The Kier molecular flexibility index (Phi) is 3.77. The molecular formula is C12H16FIN2S. The molecule has 0 aromatic heterocycles. The quantitative estimate of drug-likeness (QED) is 0.611. The molecule has 2 rings (SSSR count). The number of nitrogen functional groups attached to an aromatic ring is 1. The molecule has 1 aromatic rings. The van der Waals surface area contributed by atoms with Gasteiger partial charge in [-0.1, -0.05) is 0 Å².